The number of unbranched alkanes of at least 4 members (excludes halogenated alkanes) is 4. The molecule has 0 saturated heterocycles. The third-order valence-corrected chi connectivity index (χ3v) is 4.12. The third kappa shape index (κ3) is 8.23. The second kappa shape index (κ2) is 9.83. The molecule has 1 aromatic carbocycles. The van der Waals surface area contributed by atoms with E-state index in [0.717, 1.165) is 25.8 Å². The van der Waals surface area contributed by atoms with E-state index < -0.39 is 5.97 Å². The highest BCUT2D eigenvalue weighted by Gasteiger charge is 2.01. The first-order valence-electron chi connectivity index (χ1n) is 7.25. The van der Waals surface area contributed by atoms with Crippen molar-refractivity contribution >= 4 is 17.9 Å². The second-order valence-corrected chi connectivity index (χ2v) is 6.44. The van der Waals surface area contributed by atoms with E-state index in [1.54, 1.807) is 11.9 Å². The summed E-state index contributed by atoms with van der Waals surface area (Å²) in [6, 6.07) is 8.59. The Labute approximate surface area is 126 Å². The Morgan fingerprint density at radius 3 is 2.35 bits per heavy atom. The van der Waals surface area contributed by atoms with E-state index in [0.29, 0.717) is 6.42 Å². The molecule has 0 heterocycles. The zero-order chi connectivity index (χ0) is 14.8. The van der Waals surface area contributed by atoms with Gasteiger partial charge in [-0.15, -0.1) is 0 Å². The van der Waals surface area contributed by atoms with Crippen molar-refractivity contribution in [3.63, 3.8) is 0 Å². The van der Waals surface area contributed by atoms with Crippen LogP contribution in [0.5, 0.6) is 0 Å². The number of aliphatic carboxylic acids is 1. The SMILES string of the molecule is Cc1ccc(SN(C)CCCCCCCC(=O)O)cc1. The van der Waals surface area contributed by atoms with Crippen LogP contribution >= 0.6 is 11.9 Å². The molecule has 0 fully saturated rings. The summed E-state index contributed by atoms with van der Waals surface area (Å²) in [4.78, 5) is 11.6. The van der Waals surface area contributed by atoms with E-state index in [4.69, 9.17) is 5.11 Å². The summed E-state index contributed by atoms with van der Waals surface area (Å²) in [5, 5.41) is 8.54. The van der Waals surface area contributed by atoms with Gasteiger partial charge in [0.15, 0.2) is 0 Å². The molecule has 0 bridgehead atoms. The standard InChI is InChI=1S/C16H25NO2S/c1-14-9-11-15(12-10-14)20-17(2)13-7-5-3-4-6-8-16(18)19/h9-12H,3-8,13H2,1-2H3,(H,18,19). The fraction of sp³-hybridized carbons (Fsp3) is 0.562. The summed E-state index contributed by atoms with van der Waals surface area (Å²) in [5.41, 5.74) is 1.29. The van der Waals surface area contributed by atoms with Gasteiger partial charge in [-0.2, -0.15) is 0 Å². The average molecular weight is 295 g/mol. The van der Waals surface area contributed by atoms with Crippen LogP contribution in [0.3, 0.4) is 0 Å². The molecule has 0 aliphatic rings. The van der Waals surface area contributed by atoms with E-state index in [1.165, 1.54) is 23.3 Å². The summed E-state index contributed by atoms with van der Waals surface area (Å²) in [6.07, 6.45) is 5.63. The van der Waals surface area contributed by atoms with Crippen LogP contribution in [0, 0.1) is 6.92 Å². The molecular weight excluding hydrogens is 270 g/mol. The minimum Gasteiger partial charge on any atom is -0.481 e. The lowest BCUT2D eigenvalue weighted by molar-refractivity contribution is -0.137. The molecule has 0 aromatic heterocycles. The Bertz CT molecular complexity index is 392. The smallest absolute Gasteiger partial charge is 0.303 e. The molecule has 0 atom stereocenters. The number of rotatable bonds is 10. The van der Waals surface area contributed by atoms with Crippen LogP contribution in [0.15, 0.2) is 29.2 Å². The van der Waals surface area contributed by atoms with Crippen molar-refractivity contribution in [1.82, 2.24) is 4.31 Å². The van der Waals surface area contributed by atoms with Gasteiger partial charge in [0.2, 0.25) is 0 Å². The lowest BCUT2D eigenvalue weighted by Crippen LogP contribution is -2.10. The summed E-state index contributed by atoms with van der Waals surface area (Å²) >= 11 is 1.78. The van der Waals surface area contributed by atoms with Gasteiger partial charge in [0, 0.05) is 17.9 Å². The maximum atomic E-state index is 10.4. The van der Waals surface area contributed by atoms with Gasteiger partial charge in [0.1, 0.15) is 0 Å². The number of carboxylic acids is 1. The molecular formula is C16H25NO2S. The molecule has 0 spiro atoms. The molecule has 0 amide bonds. The van der Waals surface area contributed by atoms with Crippen molar-refractivity contribution in [1.29, 1.82) is 0 Å². The normalized spacial score (nSPS) is 10.9. The molecule has 1 N–H and O–H groups in total. The van der Waals surface area contributed by atoms with Crippen LogP contribution in [0.4, 0.5) is 0 Å². The molecule has 0 unspecified atom stereocenters. The van der Waals surface area contributed by atoms with Gasteiger partial charge < -0.3 is 5.11 Å². The summed E-state index contributed by atoms with van der Waals surface area (Å²) in [5.74, 6) is -0.681. The summed E-state index contributed by atoms with van der Waals surface area (Å²) in [6.45, 7) is 3.17. The highest BCUT2D eigenvalue weighted by molar-refractivity contribution is 7.97. The number of carbonyl (C=O) groups is 1. The first kappa shape index (κ1) is 17.1. The fourth-order valence-electron chi connectivity index (χ4n) is 1.97. The molecule has 1 aromatic rings. The van der Waals surface area contributed by atoms with E-state index in [1.807, 2.05) is 0 Å². The maximum absolute atomic E-state index is 10.4. The number of benzene rings is 1. The van der Waals surface area contributed by atoms with Crippen molar-refractivity contribution in [2.24, 2.45) is 0 Å². The maximum Gasteiger partial charge on any atom is 0.303 e. The number of aryl methyl sites for hydroxylation is 1. The van der Waals surface area contributed by atoms with E-state index in [9.17, 15) is 4.79 Å². The minimum absolute atomic E-state index is 0.309. The molecule has 1 rings (SSSR count). The van der Waals surface area contributed by atoms with Crippen molar-refractivity contribution in [2.75, 3.05) is 13.6 Å². The average Bonchev–Trinajstić information content (AvgIpc) is 2.40. The lowest BCUT2D eigenvalue weighted by atomic mass is 10.1. The lowest BCUT2D eigenvalue weighted by Gasteiger charge is -2.15. The van der Waals surface area contributed by atoms with Gasteiger partial charge >= 0.3 is 5.97 Å². The van der Waals surface area contributed by atoms with Crippen LogP contribution in [0.1, 0.15) is 44.1 Å². The van der Waals surface area contributed by atoms with Gasteiger partial charge in [0.25, 0.3) is 0 Å². The van der Waals surface area contributed by atoms with Crippen molar-refractivity contribution in [2.45, 2.75) is 50.3 Å². The minimum atomic E-state index is -0.681. The predicted molar refractivity (Wildman–Crippen MR) is 85.0 cm³/mol. The van der Waals surface area contributed by atoms with Crippen LogP contribution in [0.25, 0.3) is 0 Å². The second-order valence-electron chi connectivity index (χ2n) is 5.17. The van der Waals surface area contributed by atoms with E-state index in [-0.39, 0.29) is 0 Å². The fourth-order valence-corrected chi connectivity index (χ4v) is 2.80. The zero-order valence-corrected chi connectivity index (χ0v) is 13.3. The Morgan fingerprint density at radius 1 is 1.10 bits per heavy atom. The summed E-state index contributed by atoms with van der Waals surface area (Å²) in [7, 11) is 2.12. The monoisotopic (exact) mass is 295 g/mol. The van der Waals surface area contributed by atoms with Crippen LogP contribution in [-0.2, 0) is 4.79 Å². The Hall–Kier alpha value is -1.00. The molecule has 20 heavy (non-hydrogen) atoms. The number of hydrogen-bond acceptors (Lipinski definition) is 3. The van der Waals surface area contributed by atoms with E-state index >= 15 is 0 Å². The predicted octanol–water partition coefficient (Wildman–Crippen LogP) is 4.36. The van der Waals surface area contributed by atoms with Gasteiger partial charge in [-0.3, -0.25) is 4.79 Å². The molecule has 3 nitrogen and oxygen atoms in total. The third-order valence-electron chi connectivity index (χ3n) is 3.15. The zero-order valence-electron chi connectivity index (χ0n) is 12.5. The first-order valence-corrected chi connectivity index (χ1v) is 8.03. The number of nitrogens with zero attached hydrogens (tertiary/aromatic N) is 1. The molecule has 112 valence electrons. The molecule has 4 heteroatoms. The van der Waals surface area contributed by atoms with Gasteiger partial charge in [0.05, 0.1) is 0 Å². The number of carboxylic acid groups (broad SMARTS) is 1. The molecule has 0 radical (unpaired) electrons. The van der Waals surface area contributed by atoms with Crippen LogP contribution < -0.4 is 0 Å². The van der Waals surface area contributed by atoms with Gasteiger partial charge in [-0.05, 0) is 50.9 Å². The van der Waals surface area contributed by atoms with Crippen molar-refractivity contribution in [3.8, 4) is 0 Å². The first-order chi connectivity index (χ1) is 9.58. The summed E-state index contributed by atoms with van der Waals surface area (Å²) < 4.78 is 2.27. The van der Waals surface area contributed by atoms with Crippen molar-refractivity contribution < 1.29 is 9.90 Å². The Morgan fingerprint density at radius 2 is 1.70 bits per heavy atom. The molecule has 0 aliphatic heterocycles. The van der Waals surface area contributed by atoms with Gasteiger partial charge in [-0.25, -0.2) is 4.31 Å². The molecule has 0 aliphatic carbocycles. The molecule has 0 saturated carbocycles. The van der Waals surface area contributed by atoms with Crippen LogP contribution in [-0.4, -0.2) is 29.0 Å². The quantitative estimate of drug-likeness (QED) is 0.514. The van der Waals surface area contributed by atoms with Crippen molar-refractivity contribution in [3.05, 3.63) is 29.8 Å². The van der Waals surface area contributed by atoms with Gasteiger partial charge in [-0.1, -0.05) is 37.0 Å². The Kier molecular flexibility index (Phi) is 8.38. The highest BCUT2D eigenvalue weighted by Crippen LogP contribution is 2.21. The highest BCUT2D eigenvalue weighted by atomic mass is 32.2. The largest absolute Gasteiger partial charge is 0.481 e. The number of hydrogen-bond donors (Lipinski definition) is 1. The Balaban J connectivity index is 2.04. The topological polar surface area (TPSA) is 40.5 Å². The van der Waals surface area contributed by atoms with E-state index in [2.05, 4.69) is 42.5 Å². The van der Waals surface area contributed by atoms with Crippen LogP contribution in [0.2, 0.25) is 0 Å².